The summed E-state index contributed by atoms with van der Waals surface area (Å²) in [7, 11) is -2.18. The summed E-state index contributed by atoms with van der Waals surface area (Å²) in [6.45, 7) is 0.246. The average Bonchev–Trinajstić information content (AvgIpc) is 3.34. The lowest BCUT2D eigenvalue weighted by molar-refractivity contribution is -0.137. The Kier molecular flexibility index (Phi) is 5.59. The zero-order valence-corrected chi connectivity index (χ0v) is 17.7. The van der Waals surface area contributed by atoms with Crippen LogP contribution < -0.4 is 9.46 Å². The third-order valence-electron chi connectivity index (χ3n) is 4.79. The van der Waals surface area contributed by atoms with E-state index >= 15 is 0 Å². The fourth-order valence-corrected chi connectivity index (χ4v) is 4.20. The van der Waals surface area contributed by atoms with Gasteiger partial charge in [-0.15, -0.1) is 0 Å². The van der Waals surface area contributed by atoms with E-state index in [1.807, 2.05) is 0 Å². The van der Waals surface area contributed by atoms with Crippen LogP contribution in [0.5, 0.6) is 5.75 Å². The van der Waals surface area contributed by atoms with Crippen LogP contribution in [0, 0.1) is 0 Å². The number of sulfonamides is 1. The number of aromatic amines is 1. The van der Waals surface area contributed by atoms with Crippen molar-refractivity contribution in [2.75, 3.05) is 11.3 Å². The zero-order valence-electron chi connectivity index (χ0n) is 16.8. The van der Waals surface area contributed by atoms with Crippen LogP contribution >= 0.6 is 0 Å². The number of aryl methyl sites for hydroxylation is 1. The lowest BCUT2D eigenvalue weighted by Gasteiger charge is -2.09. The molecule has 0 aliphatic heterocycles. The number of aromatic nitrogens is 3. The molecule has 0 bridgehead atoms. The molecule has 32 heavy (non-hydrogen) atoms. The Morgan fingerprint density at radius 2 is 1.91 bits per heavy atom. The van der Waals surface area contributed by atoms with Gasteiger partial charge in [0.05, 0.1) is 24.2 Å². The van der Waals surface area contributed by atoms with Gasteiger partial charge in [-0.2, -0.15) is 21.6 Å². The molecule has 2 heterocycles. The molecule has 0 aliphatic rings. The van der Waals surface area contributed by atoms with Gasteiger partial charge >= 0.3 is 6.18 Å². The largest absolute Gasteiger partial charge is 0.493 e. The van der Waals surface area contributed by atoms with Crippen molar-refractivity contribution in [3.63, 3.8) is 0 Å². The molecule has 0 saturated carbocycles. The third kappa shape index (κ3) is 4.72. The average molecular weight is 464 g/mol. The molecule has 2 N–H and O–H groups in total. The molecular formula is C21H19F3N4O3S. The first-order chi connectivity index (χ1) is 15.1. The lowest BCUT2D eigenvalue weighted by Crippen LogP contribution is -2.13. The summed E-state index contributed by atoms with van der Waals surface area (Å²) in [5.41, 5.74) is 1.07. The molecule has 2 aromatic carbocycles. The maximum atomic E-state index is 12.7. The summed E-state index contributed by atoms with van der Waals surface area (Å²) in [5, 5.41) is 0.509. The summed E-state index contributed by atoms with van der Waals surface area (Å²) in [6, 6.07) is 10.1. The van der Waals surface area contributed by atoms with Crippen molar-refractivity contribution in [2.24, 2.45) is 7.05 Å². The maximum absolute atomic E-state index is 12.7. The summed E-state index contributed by atoms with van der Waals surface area (Å²) < 4.78 is 72.8. The fraction of sp³-hybridized carbons (Fsp3) is 0.190. The molecule has 168 valence electrons. The summed E-state index contributed by atoms with van der Waals surface area (Å²) in [4.78, 5) is 6.86. The predicted octanol–water partition coefficient (Wildman–Crippen LogP) is 4.34. The molecule has 0 fully saturated rings. The highest BCUT2D eigenvalue weighted by Gasteiger charge is 2.29. The minimum atomic E-state index is -4.36. The van der Waals surface area contributed by atoms with Gasteiger partial charge in [0.2, 0.25) is 0 Å². The molecule has 4 rings (SSSR count). The van der Waals surface area contributed by atoms with Gasteiger partial charge in [0.15, 0.2) is 5.03 Å². The van der Waals surface area contributed by atoms with Gasteiger partial charge in [-0.3, -0.25) is 4.72 Å². The Labute approximate surface area is 181 Å². The van der Waals surface area contributed by atoms with Crippen molar-refractivity contribution in [1.82, 2.24) is 14.5 Å². The van der Waals surface area contributed by atoms with Crippen molar-refractivity contribution in [3.05, 3.63) is 72.3 Å². The number of alkyl halides is 3. The van der Waals surface area contributed by atoms with E-state index in [2.05, 4.69) is 14.7 Å². The minimum Gasteiger partial charge on any atom is -0.493 e. The van der Waals surface area contributed by atoms with E-state index in [4.69, 9.17) is 4.74 Å². The smallest absolute Gasteiger partial charge is 0.416 e. The van der Waals surface area contributed by atoms with Crippen molar-refractivity contribution in [3.8, 4) is 5.75 Å². The first-order valence-electron chi connectivity index (χ1n) is 9.53. The first kappa shape index (κ1) is 21.8. The lowest BCUT2D eigenvalue weighted by atomic mass is 10.1. The molecule has 0 atom stereocenters. The number of nitrogens with one attached hydrogen (secondary N) is 2. The third-order valence-corrected chi connectivity index (χ3v) is 6.04. The Morgan fingerprint density at radius 1 is 1.16 bits per heavy atom. The highest BCUT2D eigenvalue weighted by Crippen LogP contribution is 2.30. The molecule has 11 heteroatoms. The Hall–Kier alpha value is -3.47. The van der Waals surface area contributed by atoms with E-state index in [9.17, 15) is 21.6 Å². The number of halogens is 3. The number of H-pyrrole nitrogens is 1. The highest BCUT2D eigenvalue weighted by atomic mass is 32.2. The van der Waals surface area contributed by atoms with Gasteiger partial charge in [0, 0.05) is 36.8 Å². The molecular weight excluding hydrogens is 445 g/mol. The van der Waals surface area contributed by atoms with Gasteiger partial charge in [0.25, 0.3) is 10.0 Å². The number of ether oxygens (including phenoxy) is 1. The van der Waals surface area contributed by atoms with Gasteiger partial charge < -0.3 is 14.3 Å². The SMILES string of the molecule is Cn1cnc(S(=O)(=O)Nc2c[nH]c3ccc(OCCc4ccc(C(F)(F)F)cc4)cc23)c1. The van der Waals surface area contributed by atoms with Gasteiger partial charge in [0.1, 0.15) is 5.75 Å². The van der Waals surface area contributed by atoms with E-state index < -0.39 is 21.8 Å². The minimum absolute atomic E-state index is 0.0988. The summed E-state index contributed by atoms with van der Waals surface area (Å²) in [6.07, 6.45) is 0.385. The quantitative estimate of drug-likeness (QED) is 0.426. The zero-order chi connectivity index (χ0) is 22.9. The first-order valence-corrected chi connectivity index (χ1v) is 11.0. The number of hydrogen-bond donors (Lipinski definition) is 2. The topological polar surface area (TPSA) is 89.0 Å². The normalized spacial score (nSPS) is 12.2. The number of hydrogen-bond acceptors (Lipinski definition) is 4. The van der Waals surface area contributed by atoms with Crippen LogP contribution in [-0.2, 0) is 29.7 Å². The maximum Gasteiger partial charge on any atom is 0.416 e. The van der Waals surface area contributed by atoms with Crippen LogP contribution in [-0.4, -0.2) is 29.6 Å². The molecule has 0 aliphatic carbocycles. The van der Waals surface area contributed by atoms with Crippen LogP contribution in [0.25, 0.3) is 10.9 Å². The number of rotatable bonds is 7. The highest BCUT2D eigenvalue weighted by molar-refractivity contribution is 7.92. The van der Waals surface area contributed by atoms with E-state index in [-0.39, 0.29) is 11.6 Å². The number of fused-ring (bicyclic) bond motifs is 1. The van der Waals surface area contributed by atoms with Crippen LogP contribution in [0.4, 0.5) is 18.9 Å². The molecule has 4 aromatic rings. The van der Waals surface area contributed by atoms with E-state index in [1.165, 1.54) is 35.4 Å². The molecule has 0 saturated heterocycles. The van der Waals surface area contributed by atoms with E-state index in [0.717, 1.165) is 12.1 Å². The number of imidazole rings is 1. The molecule has 0 amide bonds. The standard InChI is InChI=1S/C21H19F3N4O3S/c1-28-12-20(26-13-28)32(29,30)27-19-11-25-18-7-6-16(10-17(18)19)31-9-8-14-2-4-15(5-3-14)21(22,23)24/h2-7,10-13,25,27H,8-9H2,1H3. The van der Waals surface area contributed by atoms with Crippen LogP contribution in [0.1, 0.15) is 11.1 Å². The summed E-state index contributed by atoms with van der Waals surface area (Å²) >= 11 is 0. The van der Waals surface area contributed by atoms with Crippen LogP contribution in [0.3, 0.4) is 0 Å². The Morgan fingerprint density at radius 3 is 2.56 bits per heavy atom. The van der Waals surface area contributed by atoms with Crippen LogP contribution in [0.15, 0.2) is 66.2 Å². The second kappa shape index (κ2) is 8.23. The van der Waals surface area contributed by atoms with Crippen molar-refractivity contribution < 1.29 is 26.3 Å². The van der Waals surface area contributed by atoms with Crippen molar-refractivity contribution in [1.29, 1.82) is 0 Å². The second-order valence-electron chi connectivity index (χ2n) is 7.19. The molecule has 2 aromatic heterocycles. The van der Waals surface area contributed by atoms with Gasteiger partial charge in [-0.05, 0) is 35.9 Å². The Balaban J connectivity index is 1.44. The van der Waals surface area contributed by atoms with Crippen molar-refractivity contribution >= 4 is 26.6 Å². The van der Waals surface area contributed by atoms with Gasteiger partial charge in [-0.1, -0.05) is 12.1 Å². The Bertz CT molecular complexity index is 1340. The number of benzene rings is 2. The summed E-state index contributed by atoms with van der Waals surface area (Å²) in [5.74, 6) is 0.502. The monoisotopic (exact) mass is 464 g/mol. The number of anilines is 1. The predicted molar refractivity (Wildman–Crippen MR) is 113 cm³/mol. The number of nitrogens with zero attached hydrogens (tertiary/aromatic N) is 2. The molecule has 0 unspecified atom stereocenters. The molecule has 0 radical (unpaired) electrons. The molecule has 7 nitrogen and oxygen atoms in total. The van der Waals surface area contributed by atoms with Crippen molar-refractivity contribution in [2.45, 2.75) is 17.6 Å². The molecule has 0 spiro atoms. The van der Waals surface area contributed by atoms with Gasteiger partial charge in [-0.25, -0.2) is 4.98 Å². The van der Waals surface area contributed by atoms with E-state index in [1.54, 1.807) is 25.2 Å². The van der Waals surface area contributed by atoms with E-state index in [0.29, 0.717) is 34.3 Å². The fourth-order valence-electron chi connectivity index (χ4n) is 3.15. The van der Waals surface area contributed by atoms with Crippen LogP contribution in [0.2, 0.25) is 0 Å². The second-order valence-corrected chi connectivity index (χ2v) is 8.82.